The van der Waals surface area contributed by atoms with E-state index in [1.165, 1.54) is 0 Å². The predicted molar refractivity (Wildman–Crippen MR) is 81.0 cm³/mol. The fourth-order valence-electron chi connectivity index (χ4n) is 2.03. The second kappa shape index (κ2) is 9.62. The standard InChI is InChI=1S/C14H30N2O.ClH/c1-6-11(5)12(15)13(17)16-10-14(7-2,8-3)9-4;/h11-12H,6-10,15H2,1-5H3,(H,16,17);1H. The molecular weight excluding hydrogens is 248 g/mol. The first-order valence-electron chi connectivity index (χ1n) is 6.99. The summed E-state index contributed by atoms with van der Waals surface area (Å²) in [5, 5.41) is 3.03. The van der Waals surface area contributed by atoms with Crippen molar-refractivity contribution in [2.75, 3.05) is 6.54 Å². The number of rotatable bonds is 8. The molecule has 0 aromatic heterocycles. The van der Waals surface area contributed by atoms with Crippen LogP contribution in [0.15, 0.2) is 0 Å². The lowest BCUT2D eigenvalue weighted by Gasteiger charge is -2.31. The van der Waals surface area contributed by atoms with Crippen molar-refractivity contribution in [2.45, 2.75) is 66.3 Å². The van der Waals surface area contributed by atoms with Gasteiger partial charge in [0.05, 0.1) is 6.04 Å². The highest BCUT2D eigenvalue weighted by molar-refractivity contribution is 5.85. The van der Waals surface area contributed by atoms with Crippen molar-refractivity contribution < 1.29 is 4.79 Å². The highest BCUT2D eigenvalue weighted by Crippen LogP contribution is 2.29. The maximum atomic E-state index is 11.9. The van der Waals surface area contributed by atoms with Crippen molar-refractivity contribution in [1.82, 2.24) is 5.32 Å². The molecule has 0 aromatic rings. The lowest BCUT2D eigenvalue weighted by molar-refractivity contribution is -0.124. The molecular formula is C14H31ClN2O. The maximum Gasteiger partial charge on any atom is 0.237 e. The van der Waals surface area contributed by atoms with E-state index in [1.54, 1.807) is 0 Å². The van der Waals surface area contributed by atoms with Gasteiger partial charge in [-0.05, 0) is 30.6 Å². The first kappa shape index (κ1) is 20.0. The Morgan fingerprint density at radius 1 is 1.17 bits per heavy atom. The van der Waals surface area contributed by atoms with Crippen molar-refractivity contribution in [2.24, 2.45) is 17.1 Å². The largest absolute Gasteiger partial charge is 0.354 e. The molecule has 2 unspecified atom stereocenters. The summed E-state index contributed by atoms with van der Waals surface area (Å²) in [5.41, 5.74) is 6.15. The molecule has 0 rings (SSSR count). The minimum Gasteiger partial charge on any atom is -0.354 e. The molecule has 0 bridgehead atoms. The highest BCUT2D eigenvalue weighted by Gasteiger charge is 2.26. The van der Waals surface area contributed by atoms with Gasteiger partial charge in [-0.2, -0.15) is 0 Å². The minimum absolute atomic E-state index is 0. The van der Waals surface area contributed by atoms with E-state index in [0.717, 1.165) is 32.2 Å². The molecule has 0 aliphatic heterocycles. The van der Waals surface area contributed by atoms with Crippen LogP contribution in [0.25, 0.3) is 0 Å². The molecule has 3 nitrogen and oxygen atoms in total. The first-order valence-corrected chi connectivity index (χ1v) is 6.99. The third-order valence-electron chi connectivity index (χ3n) is 4.45. The van der Waals surface area contributed by atoms with Gasteiger partial charge < -0.3 is 11.1 Å². The van der Waals surface area contributed by atoms with Crippen LogP contribution in [-0.2, 0) is 4.79 Å². The van der Waals surface area contributed by atoms with Gasteiger partial charge >= 0.3 is 0 Å². The van der Waals surface area contributed by atoms with Crippen LogP contribution in [-0.4, -0.2) is 18.5 Å². The lowest BCUT2D eigenvalue weighted by atomic mass is 9.79. The summed E-state index contributed by atoms with van der Waals surface area (Å²) in [6, 6.07) is -0.372. The molecule has 2 atom stereocenters. The Morgan fingerprint density at radius 3 is 1.94 bits per heavy atom. The Labute approximate surface area is 119 Å². The molecule has 18 heavy (non-hydrogen) atoms. The average Bonchev–Trinajstić information content (AvgIpc) is 2.38. The monoisotopic (exact) mass is 278 g/mol. The SMILES string of the molecule is CCC(C)C(N)C(=O)NCC(CC)(CC)CC.Cl. The third kappa shape index (κ3) is 5.57. The fourth-order valence-corrected chi connectivity index (χ4v) is 2.03. The molecule has 0 saturated carbocycles. The van der Waals surface area contributed by atoms with Crippen molar-refractivity contribution in [3.05, 3.63) is 0 Å². The predicted octanol–water partition coefficient (Wildman–Crippen LogP) is 3.11. The Hall–Kier alpha value is -0.280. The number of hydrogen-bond donors (Lipinski definition) is 2. The number of carbonyl (C=O) groups is 1. The van der Waals surface area contributed by atoms with Crippen LogP contribution in [0.1, 0.15) is 60.3 Å². The molecule has 0 heterocycles. The second-order valence-corrected chi connectivity index (χ2v) is 5.19. The molecule has 0 aliphatic rings. The number of nitrogens with two attached hydrogens (primary N) is 1. The Kier molecular flexibility index (Phi) is 10.7. The van der Waals surface area contributed by atoms with Gasteiger partial charge in [0, 0.05) is 6.54 Å². The van der Waals surface area contributed by atoms with Gasteiger partial charge in [0.2, 0.25) is 5.91 Å². The number of amides is 1. The van der Waals surface area contributed by atoms with E-state index in [9.17, 15) is 4.79 Å². The fraction of sp³-hybridized carbons (Fsp3) is 0.929. The lowest BCUT2D eigenvalue weighted by Crippen LogP contribution is -2.47. The van der Waals surface area contributed by atoms with Crippen LogP contribution >= 0.6 is 12.4 Å². The Balaban J connectivity index is 0. The van der Waals surface area contributed by atoms with Gasteiger partial charge in [-0.25, -0.2) is 0 Å². The van der Waals surface area contributed by atoms with Crippen molar-refractivity contribution >= 4 is 18.3 Å². The van der Waals surface area contributed by atoms with Gasteiger partial charge in [0.1, 0.15) is 0 Å². The summed E-state index contributed by atoms with van der Waals surface area (Å²) in [6.07, 6.45) is 4.23. The van der Waals surface area contributed by atoms with Gasteiger partial charge in [0.25, 0.3) is 0 Å². The zero-order valence-electron chi connectivity index (χ0n) is 12.6. The normalized spacial score (nSPS) is 14.6. The van der Waals surface area contributed by atoms with Crippen LogP contribution < -0.4 is 11.1 Å². The summed E-state index contributed by atoms with van der Waals surface area (Å²) in [7, 11) is 0. The Morgan fingerprint density at radius 2 is 1.61 bits per heavy atom. The second-order valence-electron chi connectivity index (χ2n) is 5.19. The van der Waals surface area contributed by atoms with Gasteiger partial charge in [-0.3, -0.25) is 4.79 Å². The number of hydrogen-bond acceptors (Lipinski definition) is 2. The number of nitrogens with one attached hydrogen (secondary N) is 1. The molecule has 110 valence electrons. The molecule has 0 saturated heterocycles. The van der Waals surface area contributed by atoms with E-state index in [0.29, 0.717) is 0 Å². The van der Waals surface area contributed by atoms with E-state index < -0.39 is 0 Å². The zero-order chi connectivity index (χ0) is 13.5. The quantitative estimate of drug-likeness (QED) is 0.717. The van der Waals surface area contributed by atoms with Crippen molar-refractivity contribution in [3.63, 3.8) is 0 Å². The molecule has 0 spiro atoms. The zero-order valence-corrected chi connectivity index (χ0v) is 13.4. The van der Waals surface area contributed by atoms with Gasteiger partial charge in [-0.1, -0.05) is 41.0 Å². The third-order valence-corrected chi connectivity index (χ3v) is 4.45. The van der Waals surface area contributed by atoms with Gasteiger partial charge in [-0.15, -0.1) is 12.4 Å². The van der Waals surface area contributed by atoms with Crippen LogP contribution in [0.5, 0.6) is 0 Å². The molecule has 0 fully saturated rings. The van der Waals surface area contributed by atoms with Crippen molar-refractivity contribution in [1.29, 1.82) is 0 Å². The number of carbonyl (C=O) groups excluding carboxylic acids is 1. The van der Waals surface area contributed by atoms with E-state index in [4.69, 9.17) is 5.73 Å². The molecule has 4 heteroatoms. The molecule has 0 aromatic carbocycles. The highest BCUT2D eigenvalue weighted by atomic mass is 35.5. The minimum atomic E-state index is -0.372. The summed E-state index contributed by atoms with van der Waals surface area (Å²) >= 11 is 0. The van der Waals surface area contributed by atoms with Crippen LogP contribution in [0, 0.1) is 11.3 Å². The molecule has 1 amide bonds. The summed E-state index contributed by atoms with van der Waals surface area (Å²) in [4.78, 5) is 11.9. The first-order chi connectivity index (χ1) is 7.96. The molecule has 3 N–H and O–H groups in total. The van der Waals surface area contributed by atoms with Crippen LogP contribution in [0.4, 0.5) is 0 Å². The average molecular weight is 279 g/mol. The van der Waals surface area contributed by atoms with Crippen LogP contribution in [0.3, 0.4) is 0 Å². The smallest absolute Gasteiger partial charge is 0.237 e. The molecule has 0 radical (unpaired) electrons. The molecule has 0 aliphatic carbocycles. The van der Waals surface area contributed by atoms with E-state index >= 15 is 0 Å². The summed E-state index contributed by atoms with van der Waals surface area (Å²) in [5.74, 6) is 0.244. The number of halogens is 1. The van der Waals surface area contributed by atoms with Crippen LogP contribution in [0.2, 0.25) is 0 Å². The topological polar surface area (TPSA) is 55.1 Å². The van der Waals surface area contributed by atoms with E-state index in [-0.39, 0.29) is 35.7 Å². The summed E-state index contributed by atoms with van der Waals surface area (Å²) in [6.45, 7) is 11.4. The maximum absolute atomic E-state index is 11.9. The van der Waals surface area contributed by atoms with Crippen molar-refractivity contribution in [3.8, 4) is 0 Å². The summed E-state index contributed by atoms with van der Waals surface area (Å²) < 4.78 is 0. The van der Waals surface area contributed by atoms with E-state index in [1.807, 2.05) is 6.92 Å². The van der Waals surface area contributed by atoms with E-state index in [2.05, 4.69) is 33.0 Å². The van der Waals surface area contributed by atoms with Gasteiger partial charge in [0.15, 0.2) is 0 Å². The Bertz CT molecular complexity index is 222.